The van der Waals surface area contributed by atoms with E-state index in [0.717, 1.165) is 84.0 Å². The van der Waals surface area contributed by atoms with Gasteiger partial charge in [-0.3, -0.25) is 9.59 Å². The highest BCUT2D eigenvalue weighted by molar-refractivity contribution is 5.77. The van der Waals surface area contributed by atoms with Crippen LogP contribution >= 0.6 is 0 Å². The largest absolute Gasteiger partial charge is 0.477 e. The summed E-state index contributed by atoms with van der Waals surface area (Å²) in [5.41, 5.74) is 0. The highest BCUT2D eigenvalue weighted by atomic mass is 16.8. The van der Waals surface area contributed by atoms with Crippen LogP contribution in [-0.2, 0) is 42.8 Å². The average molecular weight is 1290 g/mol. The molecule has 3 fully saturated rings. The molecule has 18 atom stereocenters. The minimum atomic E-state index is -3.08. The summed E-state index contributed by atoms with van der Waals surface area (Å²) in [7, 11) is 0. The van der Waals surface area contributed by atoms with Gasteiger partial charge in [-0.15, -0.1) is 0 Å². The van der Waals surface area contributed by atoms with Gasteiger partial charge in [-0.2, -0.15) is 0 Å². The van der Waals surface area contributed by atoms with Crippen molar-refractivity contribution in [3.05, 3.63) is 12.2 Å². The Morgan fingerprint density at radius 2 is 1.03 bits per heavy atom. The first-order chi connectivity index (χ1) is 43.4. The highest BCUT2D eigenvalue weighted by Gasteiger charge is 2.60. The molecule has 0 bridgehead atoms. The van der Waals surface area contributed by atoms with E-state index < -0.39 is 148 Å². The van der Waals surface area contributed by atoms with E-state index in [1.54, 1.807) is 0 Å². The summed E-state index contributed by atoms with van der Waals surface area (Å²) >= 11 is 0. The van der Waals surface area contributed by atoms with Crippen LogP contribution in [0.15, 0.2) is 12.2 Å². The maximum Gasteiger partial charge on any atom is 0.364 e. The topological polar surface area (TPSA) is 373 Å². The molecule has 0 aromatic carbocycles. The molecular weight excluding hydrogens is 1170 g/mol. The molecule has 0 aromatic heterocycles. The lowest BCUT2D eigenvalue weighted by molar-refractivity contribution is -0.386. The fraction of sp³-hybridized carbons (Fsp3) is 0.925. The number of carboxylic acid groups (broad SMARTS) is 1. The number of aliphatic hydroxyl groups excluding tert-OH is 11. The molecule has 3 heterocycles. The summed E-state index contributed by atoms with van der Waals surface area (Å²) < 4.78 is 34.9. The number of aliphatic carboxylic acids is 1. The Balaban J connectivity index is 1.59. The van der Waals surface area contributed by atoms with Gasteiger partial charge in [0.05, 0.1) is 50.7 Å². The molecule has 0 radical (unpaired) electrons. The van der Waals surface area contributed by atoms with Crippen LogP contribution in [0.1, 0.15) is 258 Å². The van der Waals surface area contributed by atoms with Gasteiger partial charge < -0.3 is 100 Å². The Hall–Kier alpha value is -2.53. The minimum Gasteiger partial charge on any atom is -0.477 e. The van der Waals surface area contributed by atoms with E-state index in [4.69, 9.17) is 28.4 Å². The molecular formula is C67H124N2O21. The van der Waals surface area contributed by atoms with Crippen molar-refractivity contribution in [3.8, 4) is 0 Å². The van der Waals surface area contributed by atoms with E-state index in [1.807, 2.05) is 0 Å². The van der Waals surface area contributed by atoms with E-state index in [1.165, 1.54) is 128 Å². The SMILES string of the molecule is CCCCCC/C=C\CCCCCCCCCC(=O)NC(COC1OC(CO)C(OC2OC(CO)C(O)C(OC3(C(=O)O)CC(O)C(NC(C)=O)C(C(O)C(O)CO)O3)C2O)C(O)C1O)C(O)CCCCCCCCCCCCCCCCCCCCCCC. The number of carbonyl (C=O) groups is 3. The fourth-order valence-corrected chi connectivity index (χ4v) is 12.4. The third-order valence-electron chi connectivity index (χ3n) is 18.0. The van der Waals surface area contributed by atoms with Crippen molar-refractivity contribution in [2.24, 2.45) is 0 Å². The smallest absolute Gasteiger partial charge is 0.364 e. The number of hydrogen-bond acceptors (Lipinski definition) is 20. The van der Waals surface area contributed by atoms with Crippen LogP contribution in [0.25, 0.3) is 0 Å². The average Bonchev–Trinajstić information content (AvgIpc) is 0.838. The van der Waals surface area contributed by atoms with Gasteiger partial charge in [-0.1, -0.05) is 212 Å². The zero-order valence-electron chi connectivity index (χ0n) is 55.0. The molecule has 3 rings (SSSR count). The molecule has 3 saturated heterocycles. The lowest BCUT2D eigenvalue weighted by atomic mass is 9.88. The number of carboxylic acids is 1. The number of aliphatic hydroxyl groups is 11. The van der Waals surface area contributed by atoms with Crippen molar-refractivity contribution in [2.75, 3.05) is 26.4 Å². The predicted octanol–water partition coefficient (Wildman–Crippen LogP) is 6.29. The normalized spacial score (nSPS) is 28.6. The number of carbonyl (C=O) groups excluding carboxylic acids is 2. The molecule has 2 amide bonds. The summed E-state index contributed by atoms with van der Waals surface area (Å²) in [5, 5.41) is 136. The highest BCUT2D eigenvalue weighted by Crippen LogP contribution is 2.39. The monoisotopic (exact) mass is 1290 g/mol. The van der Waals surface area contributed by atoms with Gasteiger partial charge in [0, 0.05) is 19.8 Å². The molecule has 14 N–H and O–H groups in total. The van der Waals surface area contributed by atoms with Crippen molar-refractivity contribution in [3.63, 3.8) is 0 Å². The number of unbranched alkanes of at least 4 members (excludes halogenated alkanes) is 31. The Morgan fingerprint density at radius 3 is 1.51 bits per heavy atom. The number of amides is 2. The Kier molecular flexibility index (Phi) is 43.8. The van der Waals surface area contributed by atoms with Crippen LogP contribution in [0.4, 0.5) is 0 Å². The molecule has 0 saturated carbocycles. The van der Waals surface area contributed by atoms with Crippen LogP contribution in [0.2, 0.25) is 0 Å². The van der Waals surface area contributed by atoms with Crippen LogP contribution < -0.4 is 10.6 Å². The van der Waals surface area contributed by atoms with Crippen LogP contribution in [-0.4, -0.2) is 215 Å². The molecule has 0 spiro atoms. The van der Waals surface area contributed by atoms with E-state index in [-0.39, 0.29) is 18.9 Å². The minimum absolute atomic E-state index is 0.220. The van der Waals surface area contributed by atoms with Gasteiger partial charge in [0.15, 0.2) is 12.6 Å². The van der Waals surface area contributed by atoms with Crippen molar-refractivity contribution >= 4 is 17.8 Å². The second-order valence-electron chi connectivity index (χ2n) is 25.7. The van der Waals surface area contributed by atoms with Gasteiger partial charge >= 0.3 is 5.97 Å². The van der Waals surface area contributed by atoms with Gasteiger partial charge in [0.25, 0.3) is 5.79 Å². The first kappa shape index (κ1) is 81.7. The maximum atomic E-state index is 13.5. The summed E-state index contributed by atoms with van der Waals surface area (Å²) in [6, 6.07) is -2.53. The van der Waals surface area contributed by atoms with E-state index in [0.29, 0.717) is 19.3 Å². The molecule has 0 aromatic rings. The lowest BCUT2D eigenvalue weighted by Gasteiger charge is -2.50. The van der Waals surface area contributed by atoms with E-state index in [2.05, 4.69) is 36.6 Å². The van der Waals surface area contributed by atoms with Crippen molar-refractivity contribution < 1.29 is 104 Å². The van der Waals surface area contributed by atoms with Gasteiger partial charge in [-0.25, -0.2) is 4.79 Å². The maximum absolute atomic E-state index is 13.5. The summed E-state index contributed by atoms with van der Waals surface area (Å²) in [5.74, 6) is -6.10. The molecule has 18 unspecified atom stereocenters. The Morgan fingerprint density at radius 1 is 0.567 bits per heavy atom. The standard InChI is InChI=1S/C67H124N2O21/c1-4-6-8-10-12-14-16-18-20-21-22-23-24-25-27-28-30-32-34-36-38-40-49(74)48(69-54(77)41-39-37-35-33-31-29-26-19-17-15-13-11-9-7-5-2)46-85-64-59(81)58(80)61(53(45-72)87-64)88-65-60(82)63(57(79)52(44-71)86-65)90-67(66(83)84)42-50(75)55(68-47(3)73)62(89-67)56(78)51(76)43-70/h15,17,48-53,55-65,70-72,74-76,78-82H,4-14,16,18-46H2,1-3H3,(H,68,73)(H,69,77)(H,83,84)/b17-15-. The molecule has 23 nitrogen and oxygen atoms in total. The number of hydrogen-bond donors (Lipinski definition) is 14. The van der Waals surface area contributed by atoms with Crippen LogP contribution in [0, 0.1) is 0 Å². The summed E-state index contributed by atoms with van der Waals surface area (Å²) in [6.45, 7) is 2.20. The quantitative estimate of drug-likeness (QED) is 0.0235. The van der Waals surface area contributed by atoms with Crippen molar-refractivity contribution in [2.45, 2.75) is 368 Å². The zero-order chi connectivity index (χ0) is 66.1. The molecule has 3 aliphatic rings. The van der Waals surface area contributed by atoms with Crippen LogP contribution in [0.3, 0.4) is 0 Å². The first-order valence-corrected chi connectivity index (χ1v) is 35.0. The third-order valence-corrected chi connectivity index (χ3v) is 18.0. The molecule has 0 aliphatic carbocycles. The van der Waals surface area contributed by atoms with Crippen molar-refractivity contribution in [1.82, 2.24) is 10.6 Å². The molecule has 3 aliphatic heterocycles. The lowest BCUT2D eigenvalue weighted by Crippen LogP contribution is -2.70. The number of rotatable bonds is 53. The Labute approximate surface area is 537 Å². The van der Waals surface area contributed by atoms with Gasteiger partial charge in [0.2, 0.25) is 11.8 Å². The summed E-state index contributed by atoms with van der Waals surface area (Å²) in [6.07, 6.45) is 16.4. The fourth-order valence-electron chi connectivity index (χ4n) is 12.4. The predicted molar refractivity (Wildman–Crippen MR) is 338 cm³/mol. The van der Waals surface area contributed by atoms with E-state index in [9.17, 15) is 75.7 Å². The second-order valence-corrected chi connectivity index (χ2v) is 25.7. The zero-order valence-corrected chi connectivity index (χ0v) is 55.0. The van der Waals surface area contributed by atoms with Crippen molar-refractivity contribution in [1.29, 1.82) is 0 Å². The molecule has 528 valence electrons. The van der Waals surface area contributed by atoms with Crippen LogP contribution in [0.5, 0.6) is 0 Å². The molecule has 90 heavy (non-hydrogen) atoms. The second kappa shape index (κ2) is 48.2. The third kappa shape index (κ3) is 30.5. The summed E-state index contributed by atoms with van der Waals surface area (Å²) in [4.78, 5) is 38.5. The number of allylic oxidation sites excluding steroid dienone is 2. The number of nitrogens with one attached hydrogen (secondary N) is 2. The first-order valence-electron chi connectivity index (χ1n) is 35.0. The van der Waals surface area contributed by atoms with E-state index >= 15 is 0 Å². The van der Waals surface area contributed by atoms with Gasteiger partial charge in [0.1, 0.15) is 67.1 Å². The molecule has 23 heteroatoms. The van der Waals surface area contributed by atoms with Gasteiger partial charge in [-0.05, 0) is 38.5 Å². The number of ether oxygens (including phenoxy) is 6. The Bertz CT molecular complexity index is 1870.